The van der Waals surface area contributed by atoms with Crippen molar-refractivity contribution >= 4 is 17.6 Å². The van der Waals surface area contributed by atoms with Crippen LogP contribution in [0.2, 0.25) is 5.02 Å². The molecule has 2 rings (SSSR count). The van der Waals surface area contributed by atoms with Gasteiger partial charge in [-0.3, -0.25) is 4.68 Å². The van der Waals surface area contributed by atoms with Gasteiger partial charge in [-0.15, -0.1) is 0 Å². The number of nitrogens with zero attached hydrogens (tertiary/aromatic N) is 3. The minimum absolute atomic E-state index is 0.0211. The van der Waals surface area contributed by atoms with E-state index in [4.69, 9.17) is 11.6 Å². The highest BCUT2D eigenvalue weighted by Gasteiger charge is 2.15. The van der Waals surface area contributed by atoms with Crippen LogP contribution in [0, 0.1) is 5.82 Å². The Morgan fingerprint density at radius 3 is 2.91 bits per heavy atom. The Balaban J connectivity index is 1.95. The quantitative estimate of drug-likeness (QED) is 0.768. The van der Waals surface area contributed by atoms with Crippen LogP contribution >= 0.6 is 11.6 Å². The molecule has 0 saturated heterocycles. The molecule has 0 fully saturated rings. The summed E-state index contributed by atoms with van der Waals surface area (Å²) in [6.45, 7) is -0.200. The van der Waals surface area contributed by atoms with Gasteiger partial charge < -0.3 is 15.7 Å². The number of aliphatic hydroxyl groups is 1. The average Bonchev–Trinajstić information content (AvgIpc) is 2.91. The van der Waals surface area contributed by atoms with E-state index in [0.717, 1.165) is 0 Å². The normalized spacial score (nSPS) is 12.0. The first-order valence-corrected chi connectivity index (χ1v) is 6.82. The van der Waals surface area contributed by atoms with Crippen molar-refractivity contribution in [3.8, 4) is 0 Å². The molecule has 2 amide bonds. The van der Waals surface area contributed by atoms with Gasteiger partial charge >= 0.3 is 6.03 Å². The summed E-state index contributed by atoms with van der Waals surface area (Å²) < 4.78 is 15.0. The summed E-state index contributed by atoms with van der Waals surface area (Å²) in [5.74, 6) is -0.0351. The molecule has 22 heavy (non-hydrogen) atoms. The molecule has 1 atom stereocenters. The number of hydrogen-bond donors (Lipinski definition) is 3. The molecule has 9 heteroatoms. The molecule has 118 valence electrons. The molecule has 1 heterocycles. The lowest BCUT2D eigenvalue weighted by atomic mass is 10.1. The maximum absolute atomic E-state index is 13.4. The number of halogens is 2. The third-order valence-corrected chi connectivity index (χ3v) is 3.35. The van der Waals surface area contributed by atoms with Gasteiger partial charge in [-0.2, -0.15) is 5.10 Å². The standard InChI is InChI=1S/C13H15ClFN5O2/c1-20-12(17-7-18-20)5-16-13(22)19-11(6-21)8-2-3-9(14)10(15)4-8/h2-4,7,11,21H,5-6H2,1H3,(H2,16,19,22). The van der Waals surface area contributed by atoms with Gasteiger partial charge in [-0.05, 0) is 17.7 Å². The first-order valence-electron chi connectivity index (χ1n) is 6.44. The third-order valence-electron chi connectivity index (χ3n) is 3.05. The number of aryl methyl sites for hydroxylation is 1. The Morgan fingerprint density at radius 2 is 2.32 bits per heavy atom. The zero-order valence-electron chi connectivity index (χ0n) is 11.8. The largest absolute Gasteiger partial charge is 0.394 e. The highest BCUT2D eigenvalue weighted by Crippen LogP contribution is 2.20. The van der Waals surface area contributed by atoms with Gasteiger partial charge in [0.25, 0.3) is 0 Å². The van der Waals surface area contributed by atoms with Crippen LogP contribution in [0.4, 0.5) is 9.18 Å². The zero-order valence-corrected chi connectivity index (χ0v) is 12.5. The molecule has 3 N–H and O–H groups in total. The molecule has 0 aliphatic heterocycles. The van der Waals surface area contributed by atoms with Gasteiger partial charge in [0.15, 0.2) is 0 Å². The summed E-state index contributed by atoms with van der Waals surface area (Å²) in [5.41, 5.74) is 0.415. The van der Waals surface area contributed by atoms with Crippen molar-refractivity contribution in [1.29, 1.82) is 0 Å². The molecule has 1 aromatic heterocycles. The van der Waals surface area contributed by atoms with Crippen LogP contribution in [-0.4, -0.2) is 32.5 Å². The number of hydrogen-bond acceptors (Lipinski definition) is 4. The number of rotatable bonds is 5. The average molecular weight is 328 g/mol. The van der Waals surface area contributed by atoms with Crippen LogP contribution < -0.4 is 10.6 Å². The minimum atomic E-state index is -0.744. The maximum Gasteiger partial charge on any atom is 0.315 e. The fraction of sp³-hybridized carbons (Fsp3) is 0.308. The monoisotopic (exact) mass is 327 g/mol. The van der Waals surface area contributed by atoms with Gasteiger partial charge in [0.1, 0.15) is 18.0 Å². The molecule has 7 nitrogen and oxygen atoms in total. The van der Waals surface area contributed by atoms with Gasteiger partial charge in [-0.25, -0.2) is 14.2 Å². The number of aromatic nitrogens is 3. The van der Waals surface area contributed by atoms with Crippen molar-refractivity contribution in [1.82, 2.24) is 25.4 Å². The Hall–Kier alpha value is -2.19. The summed E-state index contributed by atoms with van der Waals surface area (Å²) in [4.78, 5) is 15.8. The van der Waals surface area contributed by atoms with Crippen LogP contribution in [0.5, 0.6) is 0 Å². The fourth-order valence-corrected chi connectivity index (χ4v) is 1.93. The second kappa shape index (κ2) is 7.19. The molecular formula is C13H15ClFN5O2. The molecule has 0 bridgehead atoms. The summed E-state index contributed by atoms with van der Waals surface area (Å²) in [7, 11) is 1.70. The number of benzene rings is 1. The van der Waals surface area contributed by atoms with E-state index < -0.39 is 17.9 Å². The number of carbonyl (C=O) groups excluding carboxylic acids is 1. The second-order valence-electron chi connectivity index (χ2n) is 4.54. The third kappa shape index (κ3) is 3.92. The fourth-order valence-electron chi connectivity index (χ4n) is 1.81. The summed E-state index contributed by atoms with van der Waals surface area (Å²) in [6, 6.07) is 2.82. The van der Waals surface area contributed by atoms with Crippen LogP contribution in [0.3, 0.4) is 0 Å². The SMILES string of the molecule is Cn1ncnc1CNC(=O)NC(CO)c1ccc(Cl)c(F)c1. The number of amides is 2. The molecule has 0 spiro atoms. The maximum atomic E-state index is 13.4. The van der Waals surface area contributed by atoms with Crippen molar-refractivity contribution in [2.75, 3.05) is 6.61 Å². The van der Waals surface area contributed by atoms with Crippen molar-refractivity contribution in [2.24, 2.45) is 7.05 Å². The predicted molar refractivity (Wildman–Crippen MR) is 77.6 cm³/mol. The smallest absolute Gasteiger partial charge is 0.315 e. The first kappa shape index (κ1) is 16.2. The Morgan fingerprint density at radius 1 is 1.55 bits per heavy atom. The van der Waals surface area contributed by atoms with Gasteiger partial charge in [-0.1, -0.05) is 17.7 Å². The van der Waals surface area contributed by atoms with Crippen molar-refractivity contribution in [3.63, 3.8) is 0 Å². The minimum Gasteiger partial charge on any atom is -0.394 e. The molecule has 2 aromatic rings. The molecule has 0 aliphatic rings. The van der Waals surface area contributed by atoms with E-state index in [1.54, 1.807) is 7.05 Å². The lowest BCUT2D eigenvalue weighted by Gasteiger charge is -2.17. The summed E-state index contributed by atoms with van der Waals surface area (Å²) in [5, 5.41) is 18.3. The predicted octanol–water partition coefficient (Wildman–Crippen LogP) is 1.14. The van der Waals surface area contributed by atoms with E-state index in [0.29, 0.717) is 11.4 Å². The highest BCUT2D eigenvalue weighted by atomic mass is 35.5. The Bertz CT molecular complexity index is 664. The molecular weight excluding hydrogens is 313 g/mol. The van der Waals surface area contributed by atoms with Crippen LogP contribution in [0.1, 0.15) is 17.4 Å². The molecule has 0 saturated carbocycles. The number of carbonyl (C=O) groups is 1. The van der Waals surface area contributed by atoms with Gasteiger partial charge in [0, 0.05) is 7.05 Å². The summed E-state index contributed by atoms with van der Waals surface area (Å²) >= 11 is 5.60. The summed E-state index contributed by atoms with van der Waals surface area (Å²) in [6.07, 6.45) is 1.38. The molecule has 1 unspecified atom stereocenters. The van der Waals surface area contributed by atoms with Crippen molar-refractivity contribution in [2.45, 2.75) is 12.6 Å². The first-order chi connectivity index (χ1) is 10.5. The van der Waals surface area contributed by atoms with Gasteiger partial charge in [0.05, 0.1) is 24.2 Å². The van der Waals surface area contributed by atoms with E-state index in [1.807, 2.05) is 0 Å². The molecule has 0 radical (unpaired) electrons. The molecule has 0 aliphatic carbocycles. The Kier molecular flexibility index (Phi) is 5.29. The van der Waals surface area contributed by atoms with E-state index in [1.165, 1.54) is 29.2 Å². The van der Waals surface area contributed by atoms with Crippen molar-refractivity contribution < 1.29 is 14.3 Å². The lowest BCUT2D eigenvalue weighted by molar-refractivity contribution is 0.216. The van der Waals surface area contributed by atoms with Gasteiger partial charge in [0.2, 0.25) is 0 Å². The van der Waals surface area contributed by atoms with Crippen molar-refractivity contribution in [3.05, 3.63) is 46.8 Å². The van der Waals surface area contributed by atoms with Crippen LogP contribution in [-0.2, 0) is 13.6 Å². The number of urea groups is 1. The van der Waals surface area contributed by atoms with Crippen LogP contribution in [0.15, 0.2) is 24.5 Å². The van der Waals surface area contributed by atoms with Crippen LogP contribution in [0.25, 0.3) is 0 Å². The topological polar surface area (TPSA) is 92.1 Å². The number of aliphatic hydroxyl groups excluding tert-OH is 1. The zero-order chi connectivity index (χ0) is 16.1. The van der Waals surface area contributed by atoms with E-state index in [9.17, 15) is 14.3 Å². The lowest BCUT2D eigenvalue weighted by Crippen LogP contribution is -2.39. The highest BCUT2D eigenvalue weighted by molar-refractivity contribution is 6.30. The second-order valence-corrected chi connectivity index (χ2v) is 4.94. The van der Waals surface area contributed by atoms with E-state index in [2.05, 4.69) is 20.7 Å². The number of nitrogens with one attached hydrogen (secondary N) is 2. The molecule has 1 aromatic carbocycles. The van der Waals surface area contributed by atoms with E-state index in [-0.39, 0.29) is 18.2 Å². The van der Waals surface area contributed by atoms with E-state index >= 15 is 0 Å². The Labute approximate surface area is 131 Å².